The largest absolute Gasteiger partial charge is 0.487 e. The first kappa shape index (κ1) is 17.2. The number of nitrogens with zero attached hydrogens (tertiary/aromatic N) is 2. The maximum atomic E-state index is 12.4. The highest BCUT2D eigenvalue weighted by Crippen LogP contribution is 2.35. The Labute approximate surface area is 168 Å². The SMILES string of the molecule is O=C1[N]c2ccccc2C1=Cc1ccc(OCc2ccccc2)c2ncccc12. The van der Waals surface area contributed by atoms with E-state index in [1.807, 2.05) is 84.9 Å². The lowest BCUT2D eigenvalue weighted by Gasteiger charge is -2.11. The standard InChI is InChI=1S/C25H17N2O2/c28-25-21(20-9-4-5-11-22(20)27-25)15-18-12-13-23(24-19(18)10-6-14-26-24)29-16-17-7-2-1-3-8-17/h1-15H,16H2. The Morgan fingerprint density at radius 1 is 0.862 bits per heavy atom. The fourth-order valence-electron chi connectivity index (χ4n) is 3.53. The van der Waals surface area contributed by atoms with Crippen LogP contribution < -0.4 is 10.1 Å². The predicted octanol–water partition coefficient (Wildman–Crippen LogP) is 5.13. The zero-order valence-corrected chi connectivity index (χ0v) is 15.6. The molecule has 1 aliphatic heterocycles. The molecule has 0 atom stereocenters. The average molecular weight is 377 g/mol. The van der Waals surface area contributed by atoms with Gasteiger partial charge in [0.25, 0.3) is 5.91 Å². The molecule has 0 unspecified atom stereocenters. The molecule has 4 nitrogen and oxygen atoms in total. The van der Waals surface area contributed by atoms with Gasteiger partial charge >= 0.3 is 0 Å². The summed E-state index contributed by atoms with van der Waals surface area (Å²) in [5.41, 5.74) is 4.96. The lowest BCUT2D eigenvalue weighted by Crippen LogP contribution is -2.02. The summed E-state index contributed by atoms with van der Waals surface area (Å²) in [5, 5.41) is 5.08. The highest BCUT2D eigenvalue weighted by molar-refractivity contribution is 6.30. The summed E-state index contributed by atoms with van der Waals surface area (Å²) in [7, 11) is 0. The minimum atomic E-state index is -0.215. The Morgan fingerprint density at radius 3 is 2.59 bits per heavy atom. The molecule has 4 aromatic rings. The van der Waals surface area contributed by atoms with Gasteiger partial charge in [-0.05, 0) is 35.4 Å². The van der Waals surface area contributed by atoms with Crippen molar-refractivity contribution in [1.29, 1.82) is 0 Å². The normalized spacial score (nSPS) is 14.1. The summed E-state index contributed by atoms with van der Waals surface area (Å²) in [6, 6.07) is 25.4. The second kappa shape index (κ2) is 7.24. The van der Waals surface area contributed by atoms with Crippen LogP contribution in [0, 0.1) is 0 Å². The number of rotatable bonds is 4. The molecule has 0 N–H and O–H groups in total. The fraction of sp³-hybridized carbons (Fsp3) is 0.0400. The van der Waals surface area contributed by atoms with Crippen molar-refractivity contribution in [2.75, 3.05) is 0 Å². The van der Waals surface area contributed by atoms with Crippen molar-refractivity contribution in [3.05, 3.63) is 102 Å². The number of pyridine rings is 1. The average Bonchev–Trinajstić information content (AvgIpc) is 3.09. The van der Waals surface area contributed by atoms with E-state index < -0.39 is 0 Å². The van der Waals surface area contributed by atoms with Crippen LogP contribution in [0.4, 0.5) is 5.69 Å². The van der Waals surface area contributed by atoms with Crippen LogP contribution in [-0.4, -0.2) is 10.9 Å². The molecule has 1 aromatic heterocycles. The number of amides is 1. The first-order valence-electron chi connectivity index (χ1n) is 9.41. The first-order valence-corrected chi connectivity index (χ1v) is 9.41. The van der Waals surface area contributed by atoms with Crippen molar-refractivity contribution in [3.8, 4) is 5.75 Å². The van der Waals surface area contributed by atoms with Crippen molar-refractivity contribution in [2.45, 2.75) is 6.61 Å². The van der Waals surface area contributed by atoms with Crippen LogP contribution in [0.15, 0.2) is 85.1 Å². The molecule has 0 bridgehead atoms. The Morgan fingerprint density at radius 2 is 1.69 bits per heavy atom. The summed E-state index contributed by atoms with van der Waals surface area (Å²) in [6.45, 7) is 0.470. The zero-order chi connectivity index (χ0) is 19.6. The predicted molar refractivity (Wildman–Crippen MR) is 114 cm³/mol. The second-order valence-corrected chi connectivity index (χ2v) is 6.82. The number of fused-ring (bicyclic) bond motifs is 2. The number of hydrogen-bond acceptors (Lipinski definition) is 3. The number of carbonyl (C=O) groups is 1. The molecule has 3 aromatic carbocycles. The van der Waals surface area contributed by atoms with Gasteiger partial charge in [-0.25, -0.2) is 5.32 Å². The highest BCUT2D eigenvalue weighted by Gasteiger charge is 2.25. The fourth-order valence-corrected chi connectivity index (χ4v) is 3.53. The summed E-state index contributed by atoms with van der Waals surface area (Å²) >= 11 is 0. The molecule has 5 rings (SSSR count). The molecule has 29 heavy (non-hydrogen) atoms. The van der Waals surface area contributed by atoms with E-state index in [1.165, 1.54) is 0 Å². The van der Waals surface area contributed by atoms with Crippen molar-refractivity contribution in [2.24, 2.45) is 0 Å². The van der Waals surface area contributed by atoms with Gasteiger partial charge in [0, 0.05) is 17.1 Å². The number of para-hydroxylation sites is 1. The van der Waals surface area contributed by atoms with Crippen LogP contribution >= 0.6 is 0 Å². The van der Waals surface area contributed by atoms with Crippen LogP contribution in [-0.2, 0) is 11.4 Å². The van der Waals surface area contributed by atoms with Gasteiger partial charge in [0.1, 0.15) is 17.9 Å². The molecule has 0 saturated heterocycles. The number of aromatic nitrogens is 1. The minimum absolute atomic E-state index is 0.215. The Kier molecular flexibility index (Phi) is 4.30. The van der Waals surface area contributed by atoms with Crippen LogP contribution in [0.5, 0.6) is 5.75 Å². The quantitative estimate of drug-likeness (QED) is 0.463. The van der Waals surface area contributed by atoms with E-state index >= 15 is 0 Å². The molecule has 1 aliphatic rings. The molecule has 0 spiro atoms. The van der Waals surface area contributed by atoms with Gasteiger partial charge in [-0.15, -0.1) is 0 Å². The number of carbonyl (C=O) groups excluding carboxylic acids is 1. The van der Waals surface area contributed by atoms with E-state index in [4.69, 9.17) is 4.74 Å². The van der Waals surface area contributed by atoms with Gasteiger partial charge in [0.05, 0.1) is 11.3 Å². The maximum Gasteiger partial charge on any atom is 0.278 e. The van der Waals surface area contributed by atoms with E-state index in [9.17, 15) is 4.79 Å². The van der Waals surface area contributed by atoms with Gasteiger partial charge in [-0.3, -0.25) is 9.78 Å². The minimum Gasteiger partial charge on any atom is -0.487 e. The van der Waals surface area contributed by atoms with Gasteiger partial charge < -0.3 is 4.74 Å². The van der Waals surface area contributed by atoms with Crippen molar-refractivity contribution in [3.63, 3.8) is 0 Å². The lowest BCUT2D eigenvalue weighted by molar-refractivity contribution is -0.114. The first-order chi connectivity index (χ1) is 14.3. The second-order valence-electron chi connectivity index (χ2n) is 6.82. The monoisotopic (exact) mass is 377 g/mol. The summed E-state index contributed by atoms with van der Waals surface area (Å²) in [5.74, 6) is 0.502. The third kappa shape index (κ3) is 3.25. The lowest BCUT2D eigenvalue weighted by atomic mass is 10.0. The number of ether oxygens (including phenoxy) is 1. The molecule has 4 heteroatoms. The Balaban J connectivity index is 1.54. The van der Waals surface area contributed by atoms with Crippen LogP contribution in [0.25, 0.3) is 22.6 Å². The van der Waals surface area contributed by atoms with E-state index in [0.29, 0.717) is 17.9 Å². The van der Waals surface area contributed by atoms with Crippen LogP contribution in [0.2, 0.25) is 0 Å². The number of hydrogen-bond donors (Lipinski definition) is 0. The molecule has 2 heterocycles. The van der Waals surface area contributed by atoms with Gasteiger partial charge in [-0.2, -0.15) is 0 Å². The van der Waals surface area contributed by atoms with Gasteiger partial charge in [0.2, 0.25) is 0 Å². The number of benzene rings is 3. The molecule has 1 radical (unpaired) electrons. The van der Waals surface area contributed by atoms with E-state index in [1.54, 1.807) is 6.20 Å². The summed E-state index contributed by atoms with van der Waals surface area (Å²) in [4.78, 5) is 17.0. The van der Waals surface area contributed by atoms with E-state index in [0.717, 1.165) is 33.3 Å². The van der Waals surface area contributed by atoms with Gasteiger partial charge in [0.15, 0.2) is 0 Å². The molecular weight excluding hydrogens is 360 g/mol. The molecule has 0 fully saturated rings. The highest BCUT2D eigenvalue weighted by atomic mass is 16.5. The topological polar surface area (TPSA) is 53.3 Å². The van der Waals surface area contributed by atoms with Crippen molar-refractivity contribution < 1.29 is 9.53 Å². The molecule has 139 valence electrons. The maximum absolute atomic E-state index is 12.4. The van der Waals surface area contributed by atoms with Crippen molar-refractivity contribution in [1.82, 2.24) is 10.3 Å². The molecule has 1 amide bonds. The Hall–Kier alpha value is -3.92. The van der Waals surface area contributed by atoms with Crippen molar-refractivity contribution >= 4 is 34.1 Å². The summed E-state index contributed by atoms with van der Waals surface area (Å²) < 4.78 is 6.04. The molecular formula is C25H17N2O2. The molecule has 0 saturated carbocycles. The van der Waals surface area contributed by atoms with Crippen LogP contribution in [0.1, 0.15) is 16.7 Å². The summed E-state index contributed by atoms with van der Waals surface area (Å²) in [6.07, 6.45) is 3.64. The van der Waals surface area contributed by atoms with E-state index in [2.05, 4.69) is 10.3 Å². The Bertz CT molecular complexity index is 1250. The smallest absolute Gasteiger partial charge is 0.278 e. The third-order valence-electron chi connectivity index (χ3n) is 4.95. The third-order valence-corrected chi connectivity index (χ3v) is 4.95. The zero-order valence-electron chi connectivity index (χ0n) is 15.6. The van der Waals surface area contributed by atoms with Crippen LogP contribution in [0.3, 0.4) is 0 Å². The molecule has 0 aliphatic carbocycles. The van der Waals surface area contributed by atoms with Gasteiger partial charge in [-0.1, -0.05) is 60.7 Å². The van der Waals surface area contributed by atoms with E-state index in [-0.39, 0.29) is 5.91 Å².